The second kappa shape index (κ2) is 4.94. The Bertz CT molecular complexity index is 791. The zero-order valence-electron chi connectivity index (χ0n) is 10.3. The molecule has 0 saturated heterocycles. The number of nitrogens with two attached hydrogens (primary N) is 1. The first kappa shape index (κ1) is 12.6. The minimum atomic E-state index is -0.517. The van der Waals surface area contributed by atoms with Crippen molar-refractivity contribution in [1.29, 1.82) is 0 Å². The molecule has 0 aliphatic carbocycles. The summed E-state index contributed by atoms with van der Waals surface area (Å²) in [5.74, 6) is -0.0208. The normalized spacial score (nSPS) is 10.7. The van der Waals surface area contributed by atoms with Crippen LogP contribution in [0.2, 0.25) is 5.02 Å². The van der Waals surface area contributed by atoms with Crippen molar-refractivity contribution >= 4 is 39.7 Å². The predicted octanol–water partition coefficient (Wildman–Crippen LogP) is 3.75. The van der Waals surface area contributed by atoms with Gasteiger partial charge in [-0.1, -0.05) is 17.7 Å². The number of nitrogens with one attached hydrogen (secondary N) is 1. The number of benzene rings is 2. The molecule has 3 N–H and O–H groups in total. The van der Waals surface area contributed by atoms with Crippen LogP contribution in [-0.4, -0.2) is 9.97 Å². The van der Waals surface area contributed by atoms with Crippen molar-refractivity contribution < 1.29 is 4.39 Å². The van der Waals surface area contributed by atoms with E-state index in [2.05, 4.69) is 15.3 Å². The monoisotopic (exact) mass is 288 g/mol. The number of nitrogens with zero attached hydrogens (tertiary/aromatic N) is 2. The summed E-state index contributed by atoms with van der Waals surface area (Å²) in [6, 6.07) is 10.00. The Labute approximate surface area is 119 Å². The van der Waals surface area contributed by atoms with E-state index < -0.39 is 5.82 Å². The third-order valence-electron chi connectivity index (χ3n) is 2.87. The standard InChI is InChI=1S/C14H10ClFN4/c15-10-2-1-3-11(13(10)16)20-14-9-5-4-8(17)6-12(9)18-7-19-14/h1-7H,17H2,(H,18,19,20). The van der Waals surface area contributed by atoms with E-state index in [1.165, 1.54) is 12.4 Å². The van der Waals surface area contributed by atoms with Crippen molar-refractivity contribution in [3.05, 3.63) is 53.6 Å². The topological polar surface area (TPSA) is 63.8 Å². The van der Waals surface area contributed by atoms with Crippen LogP contribution in [0.1, 0.15) is 0 Å². The Balaban J connectivity index is 2.09. The van der Waals surface area contributed by atoms with Crippen molar-refractivity contribution in [2.24, 2.45) is 0 Å². The van der Waals surface area contributed by atoms with Crippen molar-refractivity contribution in [1.82, 2.24) is 9.97 Å². The van der Waals surface area contributed by atoms with Crippen molar-refractivity contribution in [3.63, 3.8) is 0 Å². The van der Waals surface area contributed by atoms with Gasteiger partial charge in [-0.3, -0.25) is 0 Å². The van der Waals surface area contributed by atoms with Crippen LogP contribution in [0.5, 0.6) is 0 Å². The lowest BCUT2D eigenvalue weighted by Crippen LogP contribution is -1.99. The van der Waals surface area contributed by atoms with E-state index in [0.717, 1.165) is 5.39 Å². The lowest BCUT2D eigenvalue weighted by molar-refractivity contribution is 0.632. The molecule has 3 aromatic rings. The number of fused-ring (bicyclic) bond motifs is 1. The molecule has 0 unspecified atom stereocenters. The molecule has 1 aromatic heterocycles. The molecule has 0 amide bonds. The maximum absolute atomic E-state index is 13.9. The van der Waals surface area contributed by atoms with E-state index in [9.17, 15) is 4.39 Å². The molecule has 0 fully saturated rings. The van der Waals surface area contributed by atoms with Gasteiger partial charge in [0.2, 0.25) is 0 Å². The third-order valence-corrected chi connectivity index (χ3v) is 3.16. The van der Waals surface area contributed by atoms with E-state index >= 15 is 0 Å². The summed E-state index contributed by atoms with van der Waals surface area (Å²) in [7, 11) is 0. The summed E-state index contributed by atoms with van der Waals surface area (Å²) in [6.07, 6.45) is 1.40. The summed E-state index contributed by atoms with van der Waals surface area (Å²) < 4.78 is 13.9. The van der Waals surface area contributed by atoms with Crippen LogP contribution in [0.3, 0.4) is 0 Å². The lowest BCUT2D eigenvalue weighted by atomic mass is 10.2. The number of rotatable bonds is 2. The fraction of sp³-hybridized carbons (Fsp3) is 0. The number of halogens is 2. The van der Waals surface area contributed by atoms with Gasteiger partial charge in [-0.25, -0.2) is 14.4 Å². The molecule has 6 heteroatoms. The summed E-state index contributed by atoms with van der Waals surface area (Å²) >= 11 is 5.75. The van der Waals surface area contributed by atoms with Gasteiger partial charge < -0.3 is 11.1 Å². The molecule has 3 rings (SSSR count). The Hall–Kier alpha value is -2.40. The molecule has 0 radical (unpaired) electrons. The average Bonchev–Trinajstić information content (AvgIpc) is 2.44. The van der Waals surface area contributed by atoms with Gasteiger partial charge >= 0.3 is 0 Å². The minimum Gasteiger partial charge on any atom is -0.399 e. The van der Waals surface area contributed by atoms with Gasteiger partial charge in [0.15, 0.2) is 5.82 Å². The highest BCUT2D eigenvalue weighted by molar-refractivity contribution is 6.31. The maximum atomic E-state index is 13.9. The van der Waals surface area contributed by atoms with E-state index in [1.807, 2.05) is 0 Å². The number of hydrogen-bond acceptors (Lipinski definition) is 4. The van der Waals surface area contributed by atoms with E-state index in [1.54, 1.807) is 30.3 Å². The molecular formula is C14H10ClFN4. The molecule has 2 aromatic carbocycles. The first-order chi connectivity index (χ1) is 9.65. The Morgan fingerprint density at radius 1 is 1.15 bits per heavy atom. The van der Waals surface area contributed by atoms with Crippen LogP contribution in [0.15, 0.2) is 42.7 Å². The largest absolute Gasteiger partial charge is 0.399 e. The summed E-state index contributed by atoms with van der Waals surface area (Å²) in [5.41, 5.74) is 7.26. The maximum Gasteiger partial charge on any atom is 0.165 e. The molecule has 1 heterocycles. The third kappa shape index (κ3) is 2.23. The fourth-order valence-corrected chi connectivity index (χ4v) is 2.08. The summed E-state index contributed by atoms with van der Waals surface area (Å²) in [4.78, 5) is 8.26. The summed E-state index contributed by atoms with van der Waals surface area (Å²) in [5, 5.41) is 3.73. The first-order valence-electron chi connectivity index (χ1n) is 5.86. The lowest BCUT2D eigenvalue weighted by Gasteiger charge is -2.10. The van der Waals surface area contributed by atoms with Crippen LogP contribution in [-0.2, 0) is 0 Å². The van der Waals surface area contributed by atoms with Crippen molar-refractivity contribution in [3.8, 4) is 0 Å². The molecule has 20 heavy (non-hydrogen) atoms. The first-order valence-corrected chi connectivity index (χ1v) is 6.24. The Morgan fingerprint density at radius 3 is 2.85 bits per heavy atom. The van der Waals surface area contributed by atoms with Crippen LogP contribution in [0.25, 0.3) is 10.9 Å². The molecule has 100 valence electrons. The predicted molar refractivity (Wildman–Crippen MR) is 78.6 cm³/mol. The highest BCUT2D eigenvalue weighted by Gasteiger charge is 2.09. The van der Waals surface area contributed by atoms with Gasteiger partial charge in [0.1, 0.15) is 12.1 Å². The molecule has 0 saturated carbocycles. The SMILES string of the molecule is Nc1ccc2c(Nc3cccc(Cl)c3F)ncnc2c1. The van der Waals surface area contributed by atoms with Gasteiger partial charge in [-0.2, -0.15) is 0 Å². The van der Waals surface area contributed by atoms with Gasteiger partial charge in [-0.05, 0) is 30.3 Å². The van der Waals surface area contributed by atoms with Crippen molar-refractivity contribution in [2.75, 3.05) is 11.1 Å². The quantitative estimate of drug-likeness (QED) is 0.705. The van der Waals surface area contributed by atoms with Gasteiger partial charge in [0, 0.05) is 11.1 Å². The zero-order chi connectivity index (χ0) is 14.1. The van der Waals surface area contributed by atoms with Gasteiger partial charge in [-0.15, -0.1) is 0 Å². The van der Waals surface area contributed by atoms with Crippen LogP contribution < -0.4 is 11.1 Å². The summed E-state index contributed by atoms with van der Waals surface area (Å²) in [6.45, 7) is 0. The highest BCUT2D eigenvalue weighted by Crippen LogP contribution is 2.28. The number of nitrogen functional groups attached to an aromatic ring is 1. The molecule has 0 aliphatic rings. The van der Waals surface area contributed by atoms with Gasteiger partial charge in [0.05, 0.1) is 16.2 Å². The number of aromatic nitrogens is 2. The minimum absolute atomic E-state index is 0.0533. The highest BCUT2D eigenvalue weighted by atomic mass is 35.5. The molecule has 0 atom stereocenters. The van der Waals surface area contributed by atoms with Crippen LogP contribution in [0.4, 0.5) is 21.6 Å². The molecule has 4 nitrogen and oxygen atoms in total. The fourth-order valence-electron chi connectivity index (χ4n) is 1.90. The number of hydrogen-bond donors (Lipinski definition) is 2. The second-order valence-corrected chi connectivity index (χ2v) is 4.63. The van der Waals surface area contributed by atoms with E-state index in [-0.39, 0.29) is 10.7 Å². The smallest absolute Gasteiger partial charge is 0.165 e. The van der Waals surface area contributed by atoms with E-state index in [0.29, 0.717) is 17.0 Å². The van der Waals surface area contributed by atoms with E-state index in [4.69, 9.17) is 17.3 Å². The Morgan fingerprint density at radius 2 is 2.00 bits per heavy atom. The average molecular weight is 289 g/mol. The van der Waals surface area contributed by atoms with Crippen LogP contribution in [0, 0.1) is 5.82 Å². The second-order valence-electron chi connectivity index (χ2n) is 4.23. The van der Waals surface area contributed by atoms with Crippen molar-refractivity contribution in [2.45, 2.75) is 0 Å². The zero-order valence-corrected chi connectivity index (χ0v) is 11.0. The number of anilines is 3. The van der Waals surface area contributed by atoms with Crippen LogP contribution >= 0.6 is 11.6 Å². The Kier molecular flexibility index (Phi) is 3.12. The molecule has 0 bridgehead atoms. The van der Waals surface area contributed by atoms with Gasteiger partial charge in [0.25, 0.3) is 0 Å². The molecule has 0 aliphatic heterocycles. The molecule has 0 spiro atoms. The molecular weight excluding hydrogens is 279 g/mol.